The number of likely N-dealkylation sites (tertiary alicyclic amines) is 1. The number of hydrogen-bond donors (Lipinski definition) is 2. The number of methoxy groups -OCH3 is 1. The van der Waals surface area contributed by atoms with Gasteiger partial charge in [0, 0.05) is 61.1 Å². The van der Waals surface area contributed by atoms with Gasteiger partial charge in [-0.25, -0.2) is 8.78 Å². The van der Waals surface area contributed by atoms with Crippen molar-refractivity contribution in [2.75, 3.05) is 45.2 Å². The van der Waals surface area contributed by atoms with E-state index >= 15 is 0 Å². The van der Waals surface area contributed by atoms with Crippen LogP contribution >= 0.6 is 0 Å². The molecule has 2 aromatic heterocycles. The summed E-state index contributed by atoms with van der Waals surface area (Å²) in [5.41, 5.74) is 5.10. The van der Waals surface area contributed by atoms with Gasteiger partial charge in [-0.15, -0.1) is 10.2 Å². The quantitative estimate of drug-likeness (QED) is 0.223. The van der Waals surface area contributed by atoms with Crippen LogP contribution in [0.2, 0.25) is 0 Å². The second-order valence-electron chi connectivity index (χ2n) is 11.2. The van der Waals surface area contributed by atoms with Crippen molar-refractivity contribution < 1.29 is 27.5 Å². The number of ether oxygens (including phenoxy) is 1. The third-order valence-corrected chi connectivity index (χ3v) is 8.31. The minimum absolute atomic E-state index is 0.110. The van der Waals surface area contributed by atoms with Crippen molar-refractivity contribution in [3.05, 3.63) is 90.3 Å². The maximum atomic E-state index is 14.6. The van der Waals surface area contributed by atoms with Gasteiger partial charge in [0.15, 0.2) is 0 Å². The first-order valence-electron chi connectivity index (χ1n) is 15.1. The Morgan fingerprint density at radius 2 is 1.94 bits per heavy atom. The van der Waals surface area contributed by atoms with Gasteiger partial charge >= 0.3 is 0 Å². The molecule has 2 N–H and O–H groups in total. The zero-order chi connectivity index (χ0) is 32.8. The number of aromatic nitrogens is 4. The van der Waals surface area contributed by atoms with Crippen LogP contribution in [0.5, 0.6) is 0 Å². The number of halogens is 2. The van der Waals surface area contributed by atoms with Gasteiger partial charge in [0.2, 0.25) is 24.6 Å². The van der Waals surface area contributed by atoms with Gasteiger partial charge in [-0.1, -0.05) is 12.1 Å². The van der Waals surface area contributed by atoms with Crippen LogP contribution in [0.1, 0.15) is 18.4 Å². The molecule has 0 radical (unpaired) electrons. The molecule has 2 aliphatic heterocycles. The minimum Gasteiger partial charge on any atom is -0.423 e. The first-order valence-corrected chi connectivity index (χ1v) is 15.1. The van der Waals surface area contributed by atoms with Crippen LogP contribution in [0.3, 0.4) is 0 Å². The first-order chi connectivity index (χ1) is 22.9. The summed E-state index contributed by atoms with van der Waals surface area (Å²) in [5, 5.41) is 18.0. The predicted octanol–water partition coefficient (Wildman–Crippen LogP) is 5.15. The zero-order valence-corrected chi connectivity index (χ0v) is 25.7. The van der Waals surface area contributed by atoms with E-state index in [-0.39, 0.29) is 29.5 Å². The third-order valence-electron chi connectivity index (χ3n) is 8.31. The largest absolute Gasteiger partial charge is 0.423 e. The SMILES string of the molecule is CO[C@H]1CCN(CC(=O)N2CC=C(c3ccc(-c4nnco4)cc3F)CC2)C1.O=CNc1ccc2[nH]nc(-c3ccc(F)cc3)c2c1. The van der Waals surface area contributed by atoms with Gasteiger partial charge in [-0.2, -0.15) is 5.10 Å². The summed E-state index contributed by atoms with van der Waals surface area (Å²) in [6, 6.07) is 16.5. The van der Waals surface area contributed by atoms with Crippen LogP contribution in [-0.2, 0) is 14.3 Å². The second-order valence-corrected chi connectivity index (χ2v) is 11.2. The summed E-state index contributed by atoms with van der Waals surface area (Å²) < 4.78 is 38.0. The van der Waals surface area contributed by atoms with Crippen LogP contribution in [-0.4, -0.2) is 88.4 Å². The molecule has 0 saturated carbocycles. The van der Waals surface area contributed by atoms with Crippen LogP contribution in [0, 0.1) is 11.6 Å². The Morgan fingerprint density at radius 3 is 2.62 bits per heavy atom. The van der Waals surface area contributed by atoms with E-state index in [1.165, 1.54) is 24.6 Å². The van der Waals surface area contributed by atoms with Crippen molar-refractivity contribution >= 4 is 34.5 Å². The number of benzene rings is 3. The van der Waals surface area contributed by atoms with E-state index in [1.807, 2.05) is 23.1 Å². The summed E-state index contributed by atoms with van der Waals surface area (Å²) in [7, 11) is 1.71. The Morgan fingerprint density at radius 1 is 1.11 bits per heavy atom. The van der Waals surface area contributed by atoms with Crippen molar-refractivity contribution in [2.24, 2.45) is 0 Å². The maximum absolute atomic E-state index is 14.6. The van der Waals surface area contributed by atoms with Crippen molar-refractivity contribution in [1.82, 2.24) is 30.2 Å². The van der Waals surface area contributed by atoms with E-state index < -0.39 is 0 Å². The number of carbonyl (C=O) groups is 2. The van der Waals surface area contributed by atoms with Crippen LogP contribution in [0.4, 0.5) is 14.5 Å². The van der Waals surface area contributed by atoms with Gasteiger partial charge in [0.25, 0.3) is 0 Å². The number of nitrogens with one attached hydrogen (secondary N) is 2. The molecule has 47 heavy (non-hydrogen) atoms. The fourth-order valence-corrected chi connectivity index (χ4v) is 5.77. The summed E-state index contributed by atoms with van der Waals surface area (Å²) in [6.45, 7) is 3.19. The Bertz CT molecular complexity index is 1880. The molecular formula is C34H33F2N7O4. The number of amides is 2. The van der Waals surface area contributed by atoms with Crippen molar-refractivity contribution in [3.8, 4) is 22.7 Å². The number of carbonyl (C=O) groups excluding carboxylic acids is 2. The number of hydrogen-bond acceptors (Lipinski definition) is 8. The normalized spacial score (nSPS) is 16.4. The van der Waals surface area contributed by atoms with Crippen molar-refractivity contribution in [3.63, 3.8) is 0 Å². The molecule has 1 atom stereocenters. The molecule has 0 aliphatic carbocycles. The first kappa shape index (κ1) is 31.7. The van der Waals surface area contributed by atoms with E-state index in [0.717, 1.165) is 47.2 Å². The lowest BCUT2D eigenvalue weighted by molar-refractivity contribution is -0.131. The lowest BCUT2D eigenvalue weighted by atomic mass is 9.97. The molecule has 5 aromatic rings. The number of aromatic amines is 1. The fraction of sp³-hybridized carbons (Fsp3) is 0.265. The summed E-state index contributed by atoms with van der Waals surface area (Å²) in [4.78, 5) is 27.0. The zero-order valence-electron chi connectivity index (χ0n) is 25.7. The topological polar surface area (TPSA) is 129 Å². The van der Waals surface area contributed by atoms with Crippen molar-refractivity contribution in [1.29, 1.82) is 0 Å². The molecule has 0 unspecified atom stereocenters. The number of fused-ring (bicyclic) bond motifs is 1. The van der Waals surface area contributed by atoms with Gasteiger partial charge in [0.05, 0.1) is 23.9 Å². The number of nitrogens with zero attached hydrogens (tertiary/aromatic N) is 5. The number of H-pyrrole nitrogens is 1. The molecule has 0 bridgehead atoms. The third kappa shape index (κ3) is 7.42. The Labute approximate surface area is 269 Å². The summed E-state index contributed by atoms with van der Waals surface area (Å²) >= 11 is 0. The standard InChI is InChI=1S/C20H23FN4O3.C14H10FN3O/c1-27-16-6-7-24(11-16)12-19(26)25-8-4-14(5-9-25)17-3-2-15(10-18(17)21)20-23-22-13-28-20;15-10-3-1-9(2-4-10)14-12-7-11(16-8-19)5-6-13(12)17-18-14/h2-4,10,13,16H,5-9,11-12H2,1H3;1-8H,(H,16,19)(H,17,18)/t16-;/m0./s1. The van der Waals surface area contributed by atoms with Gasteiger partial charge in [-0.05, 0) is 73.0 Å². The Hall–Kier alpha value is -5.27. The van der Waals surface area contributed by atoms with E-state index in [0.29, 0.717) is 49.3 Å². The second kappa shape index (κ2) is 14.4. The highest BCUT2D eigenvalue weighted by Gasteiger charge is 2.26. The van der Waals surface area contributed by atoms with Gasteiger partial charge in [0.1, 0.15) is 11.6 Å². The molecule has 13 heteroatoms. The molecule has 11 nitrogen and oxygen atoms in total. The van der Waals surface area contributed by atoms with Crippen molar-refractivity contribution in [2.45, 2.75) is 18.9 Å². The monoisotopic (exact) mass is 641 g/mol. The van der Waals surface area contributed by atoms with Crippen LogP contribution in [0.25, 0.3) is 39.2 Å². The van der Waals surface area contributed by atoms with E-state index in [1.54, 1.807) is 37.4 Å². The molecule has 7 rings (SSSR count). The Balaban J connectivity index is 0.000000177. The number of anilines is 1. The average Bonchev–Trinajstić information content (AvgIpc) is 3.88. The van der Waals surface area contributed by atoms with Crippen LogP contribution in [0.15, 0.2) is 77.6 Å². The molecule has 3 aromatic carbocycles. The molecular weight excluding hydrogens is 608 g/mol. The Kier molecular flexibility index (Phi) is 9.74. The van der Waals surface area contributed by atoms with E-state index in [9.17, 15) is 18.4 Å². The number of rotatable bonds is 8. The van der Waals surface area contributed by atoms with Gasteiger partial charge in [-0.3, -0.25) is 19.6 Å². The summed E-state index contributed by atoms with van der Waals surface area (Å²) in [6.07, 6.45) is 5.59. The maximum Gasteiger partial charge on any atom is 0.247 e. The highest BCUT2D eigenvalue weighted by Crippen LogP contribution is 2.30. The van der Waals surface area contributed by atoms with Crippen LogP contribution < -0.4 is 5.32 Å². The highest BCUT2D eigenvalue weighted by atomic mass is 19.1. The average molecular weight is 642 g/mol. The molecule has 4 heterocycles. The van der Waals surface area contributed by atoms with E-state index in [4.69, 9.17) is 9.15 Å². The smallest absolute Gasteiger partial charge is 0.247 e. The van der Waals surface area contributed by atoms with E-state index in [2.05, 4.69) is 30.6 Å². The molecule has 1 fully saturated rings. The highest BCUT2D eigenvalue weighted by molar-refractivity contribution is 5.95. The predicted molar refractivity (Wildman–Crippen MR) is 172 cm³/mol. The molecule has 0 spiro atoms. The minimum atomic E-state index is -0.329. The van der Waals surface area contributed by atoms with Gasteiger partial charge < -0.3 is 19.4 Å². The molecule has 242 valence electrons. The lowest BCUT2D eigenvalue weighted by Crippen LogP contribution is -2.41. The fourth-order valence-electron chi connectivity index (χ4n) is 5.77. The molecule has 2 aliphatic rings. The molecule has 2 amide bonds. The lowest BCUT2D eigenvalue weighted by Gasteiger charge is -2.28. The summed E-state index contributed by atoms with van der Waals surface area (Å²) in [5.74, 6) is -0.215. The molecule has 1 saturated heterocycles.